The van der Waals surface area contributed by atoms with E-state index in [-0.39, 0.29) is 5.71 Å². The van der Waals surface area contributed by atoms with Gasteiger partial charge in [0.15, 0.2) is 5.71 Å². The lowest BCUT2D eigenvalue weighted by atomic mass is 10.1. The summed E-state index contributed by atoms with van der Waals surface area (Å²) < 4.78 is 4.42. The number of alkyl halides is 1. The Hall–Kier alpha value is -0.580. The highest BCUT2D eigenvalue weighted by Crippen LogP contribution is 2.04. The molecule has 4 nitrogen and oxygen atoms in total. The van der Waals surface area contributed by atoms with Crippen LogP contribution in [0.4, 0.5) is 0 Å². The first-order valence-electron chi connectivity index (χ1n) is 4.11. The average molecular weight is 252 g/mol. The molecule has 0 aliphatic carbocycles. The van der Waals surface area contributed by atoms with E-state index in [0.29, 0.717) is 6.42 Å². The number of nitrogens with zero attached hydrogens (tertiary/aromatic N) is 1. The van der Waals surface area contributed by atoms with Gasteiger partial charge in [0.25, 0.3) is 0 Å². The lowest BCUT2D eigenvalue weighted by Gasteiger charge is -2.01. The molecule has 0 amide bonds. The van der Waals surface area contributed by atoms with Crippen molar-refractivity contribution in [1.29, 1.82) is 0 Å². The molecule has 0 fully saturated rings. The van der Waals surface area contributed by atoms with Crippen LogP contribution < -0.4 is 0 Å². The number of unbranched alkanes of at least 4 members (excludes halogenated alkanes) is 2. The Morgan fingerprint density at radius 2 is 2.15 bits per heavy atom. The first-order valence-corrected chi connectivity index (χ1v) is 5.23. The molecule has 76 valence electrons. The molecule has 5 heteroatoms. The quantitative estimate of drug-likeness (QED) is 0.196. The number of methoxy groups -OCH3 is 1. The molecule has 0 aliphatic rings. The normalized spacial score (nSPS) is 11.4. The van der Waals surface area contributed by atoms with Gasteiger partial charge < -0.3 is 9.94 Å². The number of rotatable bonds is 6. The zero-order chi connectivity index (χ0) is 10.1. The van der Waals surface area contributed by atoms with E-state index in [0.717, 1.165) is 24.6 Å². The van der Waals surface area contributed by atoms with E-state index in [1.807, 2.05) is 0 Å². The molecular formula is C8H14BrNO3. The molecule has 1 N–H and O–H groups in total. The van der Waals surface area contributed by atoms with Crippen LogP contribution in [0.25, 0.3) is 0 Å². The van der Waals surface area contributed by atoms with Crippen molar-refractivity contribution >= 4 is 27.6 Å². The van der Waals surface area contributed by atoms with Gasteiger partial charge in [0.1, 0.15) is 0 Å². The largest absolute Gasteiger partial charge is 0.464 e. The van der Waals surface area contributed by atoms with Crippen molar-refractivity contribution in [3.8, 4) is 0 Å². The minimum Gasteiger partial charge on any atom is -0.464 e. The summed E-state index contributed by atoms with van der Waals surface area (Å²) in [5, 5.41) is 12.3. The maximum absolute atomic E-state index is 10.9. The predicted octanol–water partition coefficient (Wildman–Crippen LogP) is 1.94. The fraction of sp³-hybridized carbons (Fsp3) is 0.750. The molecule has 0 rings (SSSR count). The van der Waals surface area contributed by atoms with Crippen molar-refractivity contribution in [2.24, 2.45) is 5.16 Å². The number of ether oxygens (including phenoxy) is 1. The zero-order valence-corrected chi connectivity index (χ0v) is 9.21. The van der Waals surface area contributed by atoms with Crippen LogP contribution in [0.2, 0.25) is 0 Å². The standard InChI is InChI=1S/C8H14BrNO3/c1-13-8(11)7(10-12)5-3-2-4-6-9/h12H,2-6H2,1H3. The van der Waals surface area contributed by atoms with Crippen LogP contribution in [0.3, 0.4) is 0 Å². The first kappa shape index (κ1) is 12.4. The summed E-state index contributed by atoms with van der Waals surface area (Å²) >= 11 is 3.31. The van der Waals surface area contributed by atoms with Crippen molar-refractivity contribution in [1.82, 2.24) is 0 Å². The Kier molecular flexibility index (Phi) is 7.68. The third-order valence-corrected chi connectivity index (χ3v) is 2.15. The third-order valence-electron chi connectivity index (χ3n) is 1.59. The van der Waals surface area contributed by atoms with Gasteiger partial charge in [-0.25, -0.2) is 4.79 Å². The van der Waals surface area contributed by atoms with Crippen molar-refractivity contribution in [3.63, 3.8) is 0 Å². The smallest absolute Gasteiger partial charge is 0.355 e. The lowest BCUT2D eigenvalue weighted by Crippen LogP contribution is -2.15. The van der Waals surface area contributed by atoms with E-state index in [1.165, 1.54) is 7.11 Å². The monoisotopic (exact) mass is 251 g/mol. The van der Waals surface area contributed by atoms with Gasteiger partial charge in [0.05, 0.1) is 7.11 Å². The molecule has 0 heterocycles. The van der Waals surface area contributed by atoms with E-state index >= 15 is 0 Å². The van der Waals surface area contributed by atoms with Crippen LogP contribution in [0.1, 0.15) is 25.7 Å². The van der Waals surface area contributed by atoms with Crippen LogP contribution in [-0.4, -0.2) is 29.3 Å². The molecule has 0 saturated heterocycles. The topological polar surface area (TPSA) is 58.9 Å². The second-order valence-electron chi connectivity index (χ2n) is 2.54. The maximum Gasteiger partial charge on any atom is 0.355 e. The Bertz CT molecular complexity index is 182. The van der Waals surface area contributed by atoms with Gasteiger partial charge in [0, 0.05) is 11.8 Å². The van der Waals surface area contributed by atoms with Crippen molar-refractivity contribution in [3.05, 3.63) is 0 Å². The summed E-state index contributed by atoms with van der Waals surface area (Å²) in [5.74, 6) is -0.554. The Labute approximate surface area is 86.1 Å². The highest BCUT2D eigenvalue weighted by molar-refractivity contribution is 9.09. The minimum absolute atomic E-state index is 0.0945. The summed E-state index contributed by atoms with van der Waals surface area (Å²) in [6.07, 6.45) is 3.36. The Morgan fingerprint density at radius 3 is 2.62 bits per heavy atom. The molecule has 0 aromatic rings. The number of esters is 1. The van der Waals surface area contributed by atoms with Crippen LogP contribution in [-0.2, 0) is 9.53 Å². The van der Waals surface area contributed by atoms with Gasteiger partial charge in [-0.15, -0.1) is 0 Å². The van der Waals surface area contributed by atoms with Gasteiger partial charge in [0.2, 0.25) is 0 Å². The van der Waals surface area contributed by atoms with Crippen LogP contribution in [0.15, 0.2) is 5.16 Å². The highest BCUT2D eigenvalue weighted by atomic mass is 79.9. The van der Waals surface area contributed by atoms with Crippen molar-refractivity contribution in [2.45, 2.75) is 25.7 Å². The van der Waals surface area contributed by atoms with E-state index in [1.54, 1.807) is 0 Å². The Morgan fingerprint density at radius 1 is 1.46 bits per heavy atom. The maximum atomic E-state index is 10.9. The minimum atomic E-state index is -0.554. The van der Waals surface area contributed by atoms with Gasteiger partial charge in [-0.05, 0) is 12.8 Å². The molecular weight excluding hydrogens is 238 g/mol. The molecule has 0 radical (unpaired) electrons. The van der Waals surface area contributed by atoms with E-state index in [2.05, 4.69) is 25.8 Å². The predicted molar refractivity (Wildman–Crippen MR) is 53.5 cm³/mol. The van der Waals surface area contributed by atoms with Crippen LogP contribution in [0.5, 0.6) is 0 Å². The molecule has 0 aromatic carbocycles. The van der Waals surface area contributed by atoms with E-state index in [4.69, 9.17) is 5.21 Å². The number of oxime groups is 1. The summed E-state index contributed by atoms with van der Waals surface area (Å²) in [4.78, 5) is 10.9. The summed E-state index contributed by atoms with van der Waals surface area (Å²) in [6.45, 7) is 0. The summed E-state index contributed by atoms with van der Waals surface area (Å²) in [6, 6.07) is 0. The second-order valence-corrected chi connectivity index (χ2v) is 3.33. The number of carbonyl (C=O) groups excluding carboxylic acids is 1. The fourth-order valence-electron chi connectivity index (χ4n) is 0.874. The molecule has 0 unspecified atom stereocenters. The first-order chi connectivity index (χ1) is 6.26. The molecule has 13 heavy (non-hydrogen) atoms. The molecule has 0 atom stereocenters. The van der Waals surface area contributed by atoms with Crippen molar-refractivity contribution < 1.29 is 14.7 Å². The van der Waals surface area contributed by atoms with Gasteiger partial charge in [-0.3, -0.25) is 0 Å². The zero-order valence-electron chi connectivity index (χ0n) is 7.62. The summed E-state index contributed by atoms with van der Waals surface area (Å²) in [5.41, 5.74) is 0.0945. The van der Waals surface area contributed by atoms with E-state index in [9.17, 15) is 4.79 Å². The van der Waals surface area contributed by atoms with Crippen molar-refractivity contribution in [2.75, 3.05) is 12.4 Å². The highest BCUT2D eigenvalue weighted by Gasteiger charge is 2.11. The fourth-order valence-corrected chi connectivity index (χ4v) is 1.27. The second kappa shape index (κ2) is 8.04. The molecule has 0 aliphatic heterocycles. The van der Waals surface area contributed by atoms with Gasteiger partial charge >= 0.3 is 5.97 Å². The molecule has 0 saturated carbocycles. The number of hydrogen-bond donors (Lipinski definition) is 1. The lowest BCUT2D eigenvalue weighted by molar-refractivity contribution is -0.133. The average Bonchev–Trinajstić information content (AvgIpc) is 2.17. The van der Waals surface area contributed by atoms with Gasteiger partial charge in [-0.2, -0.15) is 0 Å². The van der Waals surface area contributed by atoms with Gasteiger partial charge in [-0.1, -0.05) is 27.5 Å². The third kappa shape index (κ3) is 5.63. The number of hydrogen-bond acceptors (Lipinski definition) is 4. The summed E-state index contributed by atoms with van der Waals surface area (Å²) in [7, 11) is 1.27. The number of halogens is 1. The Balaban J connectivity index is 3.68. The SMILES string of the molecule is COC(=O)C(CCCCCBr)=NO. The van der Waals surface area contributed by atoms with E-state index < -0.39 is 5.97 Å². The molecule has 0 bridgehead atoms. The van der Waals surface area contributed by atoms with Crippen LogP contribution in [0, 0.1) is 0 Å². The molecule has 0 aromatic heterocycles. The number of carbonyl (C=O) groups is 1. The van der Waals surface area contributed by atoms with Crippen LogP contribution >= 0.6 is 15.9 Å². The molecule has 0 spiro atoms.